The minimum absolute atomic E-state index is 0.00462. The van der Waals surface area contributed by atoms with Gasteiger partial charge in [-0.2, -0.15) is 0 Å². The second-order valence-electron chi connectivity index (χ2n) is 8.35. The quantitative estimate of drug-likeness (QED) is 0.128. The van der Waals surface area contributed by atoms with Crippen LogP contribution in [-0.4, -0.2) is 30.5 Å². The molecule has 0 radical (unpaired) electrons. The van der Waals surface area contributed by atoms with E-state index in [0.717, 1.165) is 4.90 Å². The van der Waals surface area contributed by atoms with Gasteiger partial charge in [-0.1, -0.05) is 41.9 Å². The Morgan fingerprint density at radius 1 is 0.846 bits per heavy atom. The van der Waals surface area contributed by atoms with E-state index in [1.54, 1.807) is 98.1 Å². The second kappa shape index (κ2) is 13.5. The fourth-order valence-corrected chi connectivity index (χ4v) is 4.54. The molecule has 6 nitrogen and oxygen atoms in total. The molecule has 0 fully saturated rings. The molecule has 4 aromatic carbocycles. The Balaban J connectivity index is 1.42. The minimum atomic E-state index is -0.491. The number of halogens is 1. The highest BCUT2D eigenvalue weighted by atomic mass is 35.5. The summed E-state index contributed by atoms with van der Waals surface area (Å²) in [7, 11) is 1.58. The van der Waals surface area contributed by atoms with Crippen LogP contribution in [0.5, 0.6) is 5.75 Å². The fourth-order valence-electron chi connectivity index (χ4n) is 3.55. The largest absolute Gasteiger partial charge is 0.497 e. The SMILES string of the molecule is COc1ccc(C(=O)CSc2ccc(NC(=O)/C(=C/c3cccc(Cl)c3)NC(=O)c3ccccc3)cc2)cc1. The number of ether oxygens (including phenoxy) is 1. The van der Waals surface area contributed by atoms with Crippen LogP contribution < -0.4 is 15.4 Å². The van der Waals surface area contributed by atoms with E-state index in [4.69, 9.17) is 16.3 Å². The van der Waals surface area contributed by atoms with Gasteiger partial charge in [0.2, 0.25) is 0 Å². The van der Waals surface area contributed by atoms with Gasteiger partial charge < -0.3 is 15.4 Å². The number of thioether (sulfide) groups is 1. The van der Waals surface area contributed by atoms with Crippen molar-refractivity contribution in [3.63, 3.8) is 0 Å². The predicted molar refractivity (Wildman–Crippen MR) is 156 cm³/mol. The molecule has 0 saturated carbocycles. The lowest BCUT2D eigenvalue weighted by atomic mass is 10.1. The topological polar surface area (TPSA) is 84.5 Å². The Hall–Kier alpha value is -4.33. The molecule has 0 bridgehead atoms. The van der Waals surface area contributed by atoms with Gasteiger partial charge in [0.25, 0.3) is 11.8 Å². The Bertz CT molecular complexity index is 1490. The average molecular weight is 557 g/mol. The second-order valence-corrected chi connectivity index (χ2v) is 9.84. The molecule has 0 aliphatic carbocycles. The molecule has 0 atom stereocenters. The zero-order chi connectivity index (χ0) is 27.6. The number of benzene rings is 4. The average Bonchev–Trinajstić information content (AvgIpc) is 2.96. The van der Waals surface area contributed by atoms with Crippen molar-refractivity contribution in [2.24, 2.45) is 0 Å². The van der Waals surface area contributed by atoms with Crippen LogP contribution in [0.15, 0.2) is 114 Å². The minimum Gasteiger partial charge on any atom is -0.497 e. The summed E-state index contributed by atoms with van der Waals surface area (Å²) in [5, 5.41) is 6.04. The number of ketones is 1. The zero-order valence-corrected chi connectivity index (χ0v) is 22.6. The van der Waals surface area contributed by atoms with Gasteiger partial charge in [-0.05, 0) is 84.4 Å². The first-order valence-electron chi connectivity index (χ1n) is 12.0. The number of anilines is 1. The first kappa shape index (κ1) is 27.7. The van der Waals surface area contributed by atoms with E-state index in [1.807, 2.05) is 18.2 Å². The molecule has 0 unspecified atom stereocenters. The standard InChI is InChI=1S/C31H25ClN2O4S/c1-38-26-14-10-22(11-15-26)29(35)20-39-27-16-12-25(13-17-27)33-31(37)28(19-21-6-5-9-24(32)18-21)34-30(36)23-7-3-2-4-8-23/h2-19H,20H2,1H3,(H,33,37)(H,34,36)/b28-19-. The normalized spacial score (nSPS) is 11.0. The van der Waals surface area contributed by atoms with Gasteiger partial charge in [-0.25, -0.2) is 0 Å². The van der Waals surface area contributed by atoms with Gasteiger partial charge in [-0.15, -0.1) is 11.8 Å². The summed E-state index contributed by atoms with van der Waals surface area (Å²) in [6.45, 7) is 0. The summed E-state index contributed by atoms with van der Waals surface area (Å²) >= 11 is 7.50. The molecule has 196 valence electrons. The first-order valence-corrected chi connectivity index (χ1v) is 13.3. The molecule has 4 aromatic rings. The maximum Gasteiger partial charge on any atom is 0.272 e. The third kappa shape index (κ3) is 8.07. The van der Waals surface area contributed by atoms with Gasteiger partial charge in [0.1, 0.15) is 11.4 Å². The van der Waals surface area contributed by atoms with Crippen molar-refractivity contribution in [3.8, 4) is 5.75 Å². The number of amides is 2. The summed E-state index contributed by atoms with van der Waals surface area (Å²) in [5.41, 5.74) is 2.30. The summed E-state index contributed by atoms with van der Waals surface area (Å²) in [6.07, 6.45) is 1.57. The number of methoxy groups -OCH3 is 1. The third-order valence-corrected chi connectivity index (χ3v) is 6.83. The number of rotatable bonds is 10. The van der Waals surface area contributed by atoms with Crippen LogP contribution in [0.25, 0.3) is 6.08 Å². The van der Waals surface area contributed by atoms with Crippen LogP contribution in [0.3, 0.4) is 0 Å². The number of carbonyl (C=O) groups excluding carboxylic acids is 3. The Morgan fingerprint density at radius 2 is 1.56 bits per heavy atom. The number of carbonyl (C=O) groups is 3. The van der Waals surface area contributed by atoms with Crippen molar-refractivity contribution in [1.29, 1.82) is 0 Å². The van der Waals surface area contributed by atoms with Gasteiger partial charge >= 0.3 is 0 Å². The Kier molecular flexibility index (Phi) is 9.56. The maximum atomic E-state index is 13.2. The third-order valence-electron chi connectivity index (χ3n) is 5.58. The van der Waals surface area contributed by atoms with Gasteiger partial charge in [0.15, 0.2) is 5.78 Å². The molecule has 0 saturated heterocycles. The molecule has 0 aliphatic heterocycles. The molecule has 2 N–H and O–H groups in total. The summed E-state index contributed by atoms with van der Waals surface area (Å²) < 4.78 is 5.13. The summed E-state index contributed by atoms with van der Waals surface area (Å²) in [4.78, 5) is 39.3. The van der Waals surface area contributed by atoms with Gasteiger partial charge in [-0.3, -0.25) is 14.4 Å². The molecular weight excluding hydrogens is 532 g/mol. The first-order chi connectivity index (χ1) is 18.9. The summed E-state index contributed by atoms with van der Waals surface area (Å²) in [6, 6.07) is 29.7. The van der Waals surface area contributed by atoms with E-state index >= 15 is 0 Å². The molecule has 4 rings (SSSR count). The highest BCUT2D eigenvalue weighted by Gasteiger charge is 2.15. The van der Waals surface area contributed by atoms with Crippen LogP contribution in [0, 0.1) is 0 Å². The monoisotopic (exact) mass is 556 g/mol. The van der Waals surface area contributed by atoms with Crippen LogP contribution in [0.2, 0.25) is 5.02 Å². The molecule has 0 aliphatic rings. The summed E-state index contributed by atoms with van der Waals surface area (Å²) in [5.74, 6) is 0.0736. The highest BCUT2D eigenvalue weighted by molar-refractivity contribution is 8.00. The van der Waals surface area contributed by atoms with E-state index in [0.29, 0.717) is 33.1 Å². The molecule has 0 spiro atoms. The molecule has 2 amide bonds. The van der Waals surface area contributed by atoms with E-state index in [2.05, 4.69) is 10.6 Å². The maximum absolute atomic E-state index is 13.2. The molecule has 8 heteroatoms. The van der Waals surface area contributed by atoms with Crippen LogP contribution in [0.1, 0.15) is 26.3 Å². The van der Waals surface area contributed by atoms with Crippen LogP contribution in [0.4, 0.5) is 5.69 Å². The number of hydrogen-bond acceptors (Lipinski definition) is 5. The molecular formula is C31H25ClN2O4S. The highest BCUT2D eigenvalue weighted by Crippen LogP contribution is 2.23. The van der Waals surface area contributed by atoms with Gasteiger partial charge in [0.05, 0.1) is 12.9 Å². The van der Waals surface area contributed by atoms with Crippen molar-refractivity contribution in [3.05, 3.63) is 131 Å². The lowest BCUT2D eigenvalue weighted by Crippen LogP contribution is -2.30. The van der Waals surface area contributed by atoms with Crippen molar-refractivity contribution < 1.29 is 19.1 Å². The zero-order valence-electron chi connectivity index (χ0n) is 21.0. The number of nitrogens with one attached hydrogen (secondary N) is 2. The van der Waals surface area contributed by atoms with Crippen molar-refractivity contribution in [2.45, 2.75) is 4.90 Å². The number of Topliss-reactive ketones (excluding diaryl/α,β-unsaturated/α-hetero) is 1. The lowest BCUT2D eigenvalue weighted by molar-refractivity contribution is -0.113. The van der Waals surface area contributed by atoms with Crippen molar-refractivity contribution in [2.75, 3.05) is 18.2 Å². The van der Waals surface area contributed by atoms with E-state index in [1.165, 1.54) is 11.8 Å². The predicted octanol–water partition coefficient (Wildman–Crippen LogP) is 6.73. The van der Waals surface area contributed by atoms with E-state index < -0.39 is 11.8 Å². The lowest BCUT2D eigenvalue weighted by Gasteiger charge is -2.12. The van der Waals surface area contributed by atoms with E-state index in [-0.39, 0.29) is 17.2 Å². The van der Waals surface area contributed by atoms with Crippen molar-refractivity contribution in [1.82, 2.24) is 5.32 Å². The van der Waals surface area contributed by atoms with E-state index in [9.17, 15) is 14.4 Å². The van der Waals surface area contributed by atoms with Crippen LogP contribution >= 0.6 is 23.4 Å². The number of hydrogen-bond donors (Lipinski definition) is 2. The van der Waals surface area contributed by atoms with Crippen LogP contribution in [-0.2, 0) is 4.79 Å². The molecule has 39 heavy (non-hydrogen) atoms. The molecule has 0 heterocycles. The fraction of sp³-hybridized carbons (Fsp3) is 0.0645. The van der Waals surface area contributed by atoms with Gasteiger partial charge in [0, 0.05) is 26.7 Å². The van der Waals surface area contributed by atoms with Crippen molar-refractivity contribution >= 4 is 52.7 Å². The Morgan fingerprint density at radius 3 is 2.23 bits per heavy atom. The molecule has 0 aromatic heterocycles. The Labute approximate surface area is 236 Å². The smallest absolute Gasteiger partial charge is 0.272 e.